The van der Waals surface area contributed by atoms with Crippen molar-refractivity contribution in [1.82, 2.24) is 30.4 Å². The van der Waals surface area contributed by atoms with Crippen molar-refractivity contribution >= 4 is 6.09 Å². The molecule has 12 heteroatoms. The Hall–Kier alpha value is -3.67. The number of benzene rings is 2. The highest BCUT2D eigenvalue weighted by molar-refractivity contribution is 5.65. The number of aromatic nitrogens is 4. The number of amides is 1. The first-order valence-electron chi connectivity index (χ1n) is 10.2. The lowest BCUT2D eigenvalue weighted by Gasteiger charge is -2.38. The minimum absolute atomic E-state index is 0.0576. The van der Waals surface area contributed by atoms with Crippen LogP contribution < -0.4 is 5.32 Å². The molecular weight excluding hydrogens is 441 g/mol. The fraction of sp³-hybridized carbons (Fsp3) is 0.333. The molecule has 1 fully saturated rings. The monoisotopic (exact) mass is 462 g/mol. The maximum absolute atomic E-state index is 13.2. The van der Waals surface area contributed by atoms with Crippen molar-refractivity contribution in [2.75, 3.05) is 13.1 Å². The summed E-state index contributed by atoms with van der Waals surface area (Å²) in [6.07, 6.45) is -5.18. The van der Waals surface area contributed by atoms with E-state index in [0.717, 1.165) is 5.56 Å². The van der Waals surface area contributed by atoms with E-state index >= 15 is 0 Å². The summed E-state index contributed by atoms with van der Waals surface area (Å²) in [7, 11) is 0. The van der Waals surface area contributed by atoms with Crippen molar-refractivity contribution in [2.45, 2.75) is 31.1 Å². The molecule has 2 aromatic carbocycles. The standard InChI is InChI=1S/C21H21F3N6O3/c22-21(23,24)19-26-27-28-30(19)15-6-7-18(31)14(10-15)11-25-17-8-9-29(20(32)33)12-16(17)13-4-2-1-3-5-13/h1-7,10,16-17,25,31H,8-9,11-12H2,(H,32,33)/t16-,17-/m0/s1. The van der Waals surface area contributed by atoms with E-state index < -0.39 is 18.1 Å². The highest BCUT2D eigenvalue weighted by atomic mass is 19.4. The van der Waals surface area contributed by atoms with Crippen LogP contribution in [0.5, 0.6) is 5.75 Å². The van der Waals surface area contributed by atoms with E-state index in [0.29, 0.717) is 29.8 Å². The topological polar surface area (TPSA) is 116 Å². The number of alkyl halides is 3. The molecule has 1 aliphatic rings. The van der Waals surface area contributed by atoms with Gasteiger partial charge in [0.05, 0.1) is 5.69 Å². The van der Waals surface area contributed by atoms with E-state index in [-0.39, 0.29) is 29.9 Å². The molecule has 33 heavy (non-hydrogen) atoms. The lowest BCUT2D eigenvalue weighted by atomic mass is 9.86. The van der Waals surface area contributed by atoms with Crippen molar-refractivity contribution in [2.24, 2.45) is 0 Å². The van der Waals surface area contributed by atoms with Gasteiger partial charge in [0.25, 0.3) is 5.82 Å². The normalized spacial score (nSPS) is 18.9. The summed E-state index contributed by atoms with van der Waals surface area (Å²) >= 11 is 0. The molecular formula is C21H21F3N6O3. The number of phenols is 1. The fourth-order valence-corrected chi connectivity index (χ4v) is 4.03. The van der Waals surface area contributed by atoms with Crippen LogP contribution in [0, 0.1) is 0 Å². The van der Waals surface area contributed by atoms with Gasteiger partial charge in [0.15, 0.2) is 0 Å². The number of halogens is 3. The van der Waals surface area contributed by atoms with Crippen LogP contribution in [-0.4, -0.2) is 60.5 Å². The Bertz CT molecular complexity index is 1120. The van der Waals surface area contributed by atoms with Gasteiger partial charge in [0.1, 0.15) is 5.75 Å². The second-order valence-electron chi connectivity index (χ2n) is 7.75. The van der Waals surface area contributed by atoms with Gasteiger partial charge >= 0.3 is 12.3 Å². The van der Waals surface area contributed by atoms with Crippen molar-refractivity contribution in [3.8, 4) is 11.4 Å². The summed E-state index contributed by atoms with van der Waals surface area (Å²) in [5, 5.41) is 32.6. The largest absolute Gasteiger partial charge is 0.508 e. The van der Waals surface area contributed by atoms with Crippen LogP contribution in [0.4, 0.5) is 18.0 Å². The summed E-state index contributed by atoms with van der Waals surface area (Å²) in [6.45, 7) is 0.814. The third-order valence-electron chi connectivity index (χ3n) is 5.70. The lowest BCUT2D eigenvalue weighted by Crippen LogP contribution is -2.49. The molecule has 0 saturated carbocycles. The van der Waals surface area contributed by atoms with E-state index in [9.17, 15) is 28.2 Å². The first kappa shape index (κ1) is 22.5. The summed E-state index contributed by atoms with van der Waals surface area (Å²) in [4.78, 5) is 12.8. The van der Waals surface area contributed by atoms with Gasteiger partial charge in [-0.25, -0.2) is 4.79 Å². The molecule has 1 saturated heterocycles. The predicted molar refractivity (Wildman–Crippen MR) is 110 cm³/mol. The van der Waals surface area contributed by atoms with Gasteiger partial charge in [0, 0.05) is 37.2 Å². The second-order valence-corrected chi connectivity index (χ2v) is 7.75. The molecule has 9 nitrogen and oxygen atoms in total. The van der Waals surface area contributed by atoms with Gasteiger partial charge in [-0.1, -0.05) is 30.3 Å². The Morgan fingerprint density at radius 1 is 1.18 bits per heavy atom. The fourth-order valence-electron chi connectivity index (χ4n) is 4.03. The predicted octanol–water partition coefficient (Wildman–Crippen LogP) is 3.01. The molecule has 0 spiro atoms. The highest BCUT2D eigenvalue weighted by Gasteiger charge is 2.38. The number of piperidine rings is 1. The molecule has 0 bridgehead atoms. The number of carbonyl (C=O) groups is 1. The summed E-state index contributed by atoms with van der Waals surface area (Å²) < 4.78 is 40.1. The quantitative estimate of drug-likeness (QED) is 0.534. The van der Waals surface area contributed by atoms with Gasteiger partial charge in [-0.3, -0.25) is 0 Å². The molecule has 0 radical (unpaired) electrons. The Labute approximate surface area is 186 Å². The molecule has 1 amide bonds. The molecule has 4 rings (SSSR count). The third kappa shape index (κ3) is 4.90. The minimum atomic E-state index is -4.74. The number of hydrogen-bond donors (Lipinski definition) is 3. The average molecular weight is 462 g/mol. The zero-order chi connectivity index (χ0) is 23.6. The summed E-state index contributed by atoms with van der Waals surface area (Å²) in [6, 6.07) is 13.4. The van der Waals surface area contributed by atoms with Gasteiger partial charge in [-0.15, -0.1) is 5.10 Å². The van der Waals surface area contributed by atoms with Gasteiger partial charge in [-0.2, -0.15) is 17.9 Å². The number of tetrazole rings is 1. The van der Waals surface area contributed by atoms with Crippen LogP contribution in [0.15, 0.2) is 48.5 Å². The van der Waals surface area contributed by atoms with Crippen LogP contribution in [0.25, 0.3) is 5.69 Å². The summed E-state index contributed by atoms with van der Waals surface area (Å²) in [5.74, 6) is -1.48. The lowest BCUT2D eigenvalue weighted by molar-refractivity contribution is -0.146. The smallest absolute Gasteiger partial charge is 0.453 e. The van der Waals surface area contributed by atoms with Crippen molar-refractivity contribution in [3.63, 3.8) is 0 Å². The molecule has 0 unspecified atom stereocenters. The maximum atomic E-state index is 13.2. The average Bonchev–Trinajstić information content (AvgIpc) is 3.30. The Morgan fingerprint density at radius 2 is 1.94 bits per heavy atom. The zero-order valence-electron chi connectivity index (χ0n) is 17.3. The molecule has 2 atom stereocenters. The number of aromatic hydroxyl groups is 1. The number of nitrogens with one attached hydrogen (secondary N) is 1. The van der Waals surface area contributed by atoms with Crippen molar-refractivity contribution in [1.29, 1.82) is 0 Å². The Kier molecular flexibility index (Phi) is 6.18. The molecule has 3 aromatic rings. The molecule has 3 N–H and O–H groups in total. The number of rotatable bonds is 5. The van der Waals surface area contributed by atoms with E-state index in [2.05, 4.69) is 20.8 Å². The van der Waals surface area contributed by atoms with Gasteiger partial charge in [-0.05, 0) is 40.6 Å². The SMILES string of the molecule is O=C(O)N1CC[C@H](NCc2cc(-n3nnnc3C(F)(F)F)ccc2O)[C@H](c2ccccc2)C1. The second kappa shape index (κ2) is 9.06. The molecule has 2 heterocycles. The van der Waals surface area contributed by atoms with Crippen LogP contribution in [0.1, 0.15) is 29.3 Å². The maximum Gasteiger partial charge on any atom is 0.453 e. The zero-order valence-corrected chi connectivity index (χ0v) is 17.3. The van der Waals surface area contributed by atoms with Crippen LogP contribution >= 0.6 is 0 Å². The number of carboxylic acid groups (broad SMARTS) is 1. The van der Waals surface area contributed by atoms with Gasteiger partial charge < -0.3 is 20.4 Å². The molecule has 174 valence electrons. The van der Waals surface area contributed by atoms with Crippen LogP contribution in [0.2, 0.25) is 0 Å². The number of hydrogen-bond acceptors (Lipinski definition) is 6. The number of likely N-dealkylation sites (tertiary alicyclic amines) is 1. The van der Waals surface area contributed by atoms with E-state index in [1.54, 1.807) is 0 Å². The van der Waals surface area contributed by atoms with Crippen LogP contribution in [0.3, 0.4) is 0 Å². The van der Waals surface area contributed by atoms with Crippen molar-refractivity contribution < 1.29 is 28.2 Å². The molecule has 1 aromatic heterocycles. The van der Waals surface area contributed by atoms with Crippen molar-refractivity contribution in [3.05, 3.63) is 65.5 Å². The molecule has 1 aliphatic heterocycles. The highest BCUT2D eigenvalue weighted by Crippen LogP contribution is 2.31. The minimum Gasteiger partial charge on any atom is -0.508 e. The van der Waals surface area contributed by atoms with Crippen LogP contribution in [-0.2, 0) is 12.7 Å². The van der Waals surface area contributed by atoms with Gasteiger partial charge in [0.2, 0.25) is 0 Å². The third-order valence-corrected chi connectivity index (χ3v) is 5.70. The van der Waals surface area contributed by atoms with E-state index in [4.69, 9.17) is 0 Å². The van der Waals surface area contributed by atoms with E-state index in [1.807, 2.05) is 30.3 Å². The molecule has 0 aliphatic carbocycles. The first-order chi connectivity index (χ1) is 15.7. The number of phenolic OH excluding ortho intramolecular Hbond substituents is 1. The number of nitrogens with zero attached hydrogens (tertiary/aromatic N) is 5. The van der Waals surface area contributed by atoms with E-state index in [1.165, 1.54) is 23.1 Å². The Balaban J connectivity index is 1.55. The summed E-state index contributed by atoms with van der Waals surface area (Å²) in [5.41, 5.74) is 1.40. The Morgan fingerprint density at radius 3 is 2.64 bits per heavy atom. The first-order valence-corrected chi connectivity index (χ1v) is 10.2.